The standard InChI is InChI=1S/C20H20N4O2/c25-19(13-24-14-22-20(23-24)15-6-2-1-3-7-15)21-12-16-10-11-26-18-9-5-4-8-17(16)18/h1-9,14,16H,10-13H2,(H,21,25). The van der Waals surface area contributed by atoms with Crippen LogP contribution in [-0.2, 0) is 11.3 Å². The number of nitrogens with one attached hydrogen (secondary N) is 1. The van der Waals surface area contributed by atoms with Crippen molar-refractivity contribution in [3.05, 3.63) is 66.5 Å². The third kappa shape index (κ3) is 3.59. The lowest BCUT2D eigenvalue weighted by Gasteiger charge is -2.26. The third-order valence-corrected chi connectivity index (χ3v) is 4.50. The molecule has 6 heteroatoms. The van der Waals surface area contributed by atoms with Gasteiger partial charge in [0.05, 0.1) is 6.61 Å². The Hall–Kier alpha value is -3.15. The number of rotatable bonds is 5. The van der Waals surface area contributed by atoms with Gasteiger partial charge in [-0.2, -0.15) is 5.10 Å². The monoisotopic (exact) mass is 348 g/mol. The molecule has 4 rings (SSSR count). The Kier molecular flexibility index (Phi) is 4.64. The van der Waals surface area contributed by atoms with Gasteiger partial charge in [-0.1, -0.05) is 48.5 Å². The Morgan fingerprint density at radius 2 is 1.96 bits per heavy atom. The van der Waals surface area contributed by atoms with Gasteiger partial charge < -0.3 is 10.1 Å². The molecule has 1 aliphatic rings. The van der Waals surface area contributed by atoms with Crippen molar-refractivity contribution >= 4 is 5.91 Å². The van der Waals surface area contributed by atoms with E-state index >= 15 is 0 Å². The van der Waals surface area contributed by atoms with Crippen LogP contribution in [0, 0.1) is 0 Å². The molecule has 1 aromatic heterocycles. The maximum absolute atomic E-state index is 12.3. The summed E-state index contributed by atoms with van der Waals surface area (Å²) in [6.45, 7) is 1.44. The van der Waals surface area contributed by atoms with Gasteiger partial charge in [-0.05, 0) is 18.1 Å². The lowest BCUT2D eigenvalue weighted by atomic mass is 9.93. The molecule has 26 heavy (non-hydrogen) atoms. The zero-order valence-corrected chi connectivity index (χ0v) is 14.3. The number of hydrogen-bond acceptors (Lipinski definition) is 4. The van der Waals surface area contributed by atoms with Gasteiger partial charge in [-0.25, -0.2) is 9.67 Å². The molecule has 0 aliphatic carbocycles. The van der Waals surface area contributed by atoms with Crippen LogP contribution >= 0.6 is 0 Å². The lowest BCUT2D eigenvalue weighted by molar-refractivity contribution is -0.121. The first-order valence-electron chi connectivity index (χ1n) is 8.73. The molecular formula is C20H20N4O2. The third-order valence-electron chi connectivity index (χ3n) is 4.50. The first-order valence-corrected chi connectivity index (χ1v) is 8.73. The molecule has 0 saturated carbocycles. The van der Waals surface area contributed by atoms with E-state index in [1.54, 1.807) is 11.0 Å². The van der Waals surface area contributed by atoms with Crippen LogP contribution in [-0.4, -0.2) is 33.8 Å². The summed E-state index contributed by atoms with van der Waals surface area (Å²) in [5, 5.41) is 7.38. The minimum Gasteiger partial charge on any atom is -0.493 e. The van der Waals surface area contributed by atoms with Crippen LogP contribution in [0.25, 0.3) is 11.4 Å². The van der Waals surface area contributed by atoms with Crippen LogP contribution in [0.4, 0.5) is 0 Å². The molecule has 0 fully saturated rings. The second-order valence-electron chi connectivity index (χ2n) is 6.31. The predicted molar refractivity (Wildman–Crippen MR) is 97.8 cm³/mol. The number of amides is 1. The van der Waals surface area contributed by atoms with E-state index in [0.717, 1.165) is 23.3 Å². The van der Waals surface area contributed by atoms with Crippen LogP contribution < -0.4 is 10.1 Å². The summed E-state index contributed by atoms with van der Waals surface area (Å²) in [5.74, 6) is 1.75. The minimum atomic E-state index is -0.0708. The van der Waals surface area contributed by atoms with Crippen LogP contribution in [0.15, 0.2) is 60.9 Å². The van der Waals surface area contributed by atoms with Gasteiger partial charge in [0, 0.05) is 18.0 Å². The molecule has 1 amide bonds. The van der Waals surface area contributed by atoms with Gasteiger partial charge in [-0.15, -0.1) is 0 Å². The topological polar surface area (TPSA) is 69.0 Å². The number of nitrogens with zero attached hydrogens (tertiary/aromatic N) is 3. The molecule has 6 nitrogen and oxygen atoms in total. The van der Waals surface area contributed by atoms with Gasteiger partial charge in [0.2, 0.25) is 5.91 Å². The number of aromatic nitrogens is 3. The smallest absolute Gasteiger partial charge is 0.241 e. The van der Waals surface area contributed by atoms with Crippen molar-refractivity contribution < 1.29 is 9.53 Å². The Labute approximate surface area is 151 Å². The van der Waals surface area contributed by atoms with Crippen molar-refractivity contribution in [2.24, 2.45) is 0 Å². The first kappa shape index (κ1) is 16.3. The van der Waals surface area contributed by atoms with Crippen LogP contribution in [0.2, 0.25) is 0 Å². The Morgan fingerprint density at radius 1 is 1.15 bits per heavy atom. The molecule has 132 valence electrons. The van der Waals surface area contributed by atoms with E-state index in [2.05, 4.69) is 21.5 Å². The van der Waals surface area contributed by atoms with E-state index in [-0.39, 0.29) is 18.4 Å². The summed E-state index contributed by atoms with van der Waals surface area (Å²) in [6, 6.07) is 17.7. The summed E-state index contributed by atoms with van der Waals surface area (Å²) >= 11 is 0. The fraction of sp³-hybridized carbons (Fsp3) is 0.250. The maximum Gasteiger partial charge on any atom is 0.241 e. The highest BCUT2D eigenvalue weighted by molar-refractivity contribution is 5.75. The Balaban J connectivity index is 1.35. The number of carbonyl (C=O) groups is 1. The molecule has 0 spiro atoms. The number of ether oxygens (including phenoxy) is 1. The second-order valence-corrected chi connectivity index (χ2v) is 6.31. The molecule has 1 unspecified atom stereocenters. The minimum absolute atomic E-state index is 0.0708. The normalized spacial score (nSPS) is 15.8. The van der Waals surface area contributed by atoms with Gasteiger partial charge >= 0.3 is 0 Å². The van der Waals surface area contributed by atoms with E-state index in [1.165, 1.54) is 0 Å². The quantitative estimate of drug-likeness (QED) is 0.770. The van der Waals surface area contributed by atoms with E-state index < -0.39 is 0 Å². The number of fused-ring (bicyclic) bond motifs is 1. The summed E-state index contributed by atoms with van der Waals surface area (Å²) in [7, 11) is 0. The fourth-order valence-corrected chi connectivity index (χ4v) is 3.16. The zero-order valence-electron chi connectivity index (χ0n) is 14.3. The second kappa shape index (κ2) is 7.39. The number of para-hydroxylation sites is 1. The van der Waals surface area contributed by atoms with Gasteiger partial charge in [-0.3, -0.25) is 4.79 Å². The summed E-state index contributed by atoms with van der Waals surface area (Å²) in [4.78, 5) is 16.6. The van der Waals surface area contributed by atoms with Crippen molar-refractivity contribution in [3.63, 3.8) is 0 Å². The number of carbonyl (C=O) groups excluding carboxylic acids is 1. The molecule has 0 bridgehead atoms. The predicted octanol–water partition coefficient (Wildman–Crippen LogP) is 2.63. The lowest BCUT2D eigenvalue weighted by Crippen LogP contribution is -2.33. The largest absolute Gasteiger partial charge is 0.493 e. The molecule has 1 N–H and O–H groups in total. The molecule has 3 aromatic rings. The fourth-order valence-electron chi connectivity index (χ4n) is 3.16. The summed E-state index contributed by atoms with van der Waals surface area (Å²) in [6.07, 6.45) is 2.49. The van der Waals surface area contributed by atoms with E-state index in [9.17, 15) is 4.79 Å². The Morgan fingerprint density at radius 3 is 2.85 bits per heavy atom. The maximum atomic E-state index is 12.3. The SMILES string of the molecule is O=C(Cn1cnc(-c2ccccc2)n1)NCC1CCOc2ccccc21. The Bertz CT molecular complexity index is 892. The van der Waals surface area contributed by atoms with Crippen LogP contribution in [0.1, 0.15) is 17.9 Å². The molecular weight excluding hydrogens is 328 g/mol. The molecule has 1 aliphatic heterocycles. The van der Waals surface area contributed by atoms with Crippen molar-refractivity contribution in [1.29, 1.82) is 0 Å². The van der Waals surface area contributed by atoms with Crippen LogP contribution in [0.3, 0.4) is 0 Å². The molecule has 0 radical (unpaired) electrons. The van der Waals surface area contributed by atoms with Crippen molar-refractivity contribution in [3.8, 4) is 17.1 Å². The summed E-state index contributed by atoms with van der Waals surface area (Å²) in [5.41, 5.74) is 2.09. The number of benzene rings is 2. The average molecular weight is 348 g/mol. The van der Waals surface area contributed by atoms with E-state index in [0.29, 0.717) is 19.0 Å². The zero-order chi connectivity index (χ0) is 17.8. The highest BCUT2D eigenvalue weighted by atomic mass is 16.5. The summed E-state index contributed by atoms with van der Waals surface area (Å²) < 4.78 is 7.23. The van der Waals surface area contributed by atoms with Gasteiger partial charge in [0.1, 0.15) is 18.6 Å². The highest BCUT2D eigenvalue weighted by Gasteiger charge is 2.21. The molecule has 2 heterocycles. The van der Waals surface area contributed by atoms with E-state index in [1.807, 2.05) is 48.5 Å². The number of hydrogen-bond donors (Lipinski definition) is 1. The van der Waals surface area contributed by atoms with E-state index in [4.69, 9.17) is 4.74 Å². The average Bonchev–Trinajstić information content (AvgIpc) is 3.15. The highest BCUT2D eigenvalue weighted by Crippen LogP contribution is 2.32. The van der Waals surface area contributed by atoms with Crippen molar-refractivity contribution in [2.75, 3.05) is 13.2 Å². The van der Waals surface area contributed by atoms with Gasteiger partial charge in [0.15, 0.2) is 5.82 Å². The first-order chi connectivity index (χ1) is 12.8. The van der Waals surface area contributed by atoms with Crippen molar-refractivity contribution in [1.82, 2.24) is 20.1 Å². The van der Waals surface area contributed by atoms with Crippen LogP contribution in [0.5, 0.6) is 5.75 Å². The van der Waals surface area contributed by atoms with Crippen molar-refractivity contribution in [2.45, 2.75) is 18.9 Å². The molecule has 2 aromatic carbocycles. The van der Waals surface area contributed by atoms with Gasteiger partial charge in [0.25, 0.3) is 0 Å². The molecule has 0 saturated heterocycles. The molecule has 1 atom stereocenters.